The Morgan fingerprint density at radius 1 is 1.62 bits per heavy atom. The Bertz CT molecular complexity index is 325. The van der Waals surface area contributed by atoms with E-state index in [1.807, 2.05) is 19.1 Å². The lowest BCUT2D eigenvalue weighted by Crippen LogP contribution is -2.25. The number of ether oxygens (including phenoxy) is 1. The van der Waals surface area contributed by atoms with Crippen molar-refractivity contribution in [3.05, 3.63) is 28.2 Å². The number of rotatable bonds is 1. The van der Waals surface area contributed by atoms with Gasteiger partial charge in [0, 0.05) is 22.0 Å². The van der Waals surface area contributed by atoms with Crippen molar-refractivity contribution in [1.82, 2.24) is 0 Å². The van der Waals surface area contributed by atoms with Gasteiger partial charge >= 0.3 is 0 Å². The van der Waals surface area contributed by atoms with E-state index in [4.69, 9.17) is 10.5 Å². The fraction of sp³-hybridized carbons (Fsp3) is 0.400. The quantitative estimate of drug-likeness (QED) is 0.819. The van der Waals surface area contributed by atoms with Crippen LogP contribution in [0, 0.1) is 0 Å². The Hall–Kier alpha value is -0.540. The maximum Gasteiger partial charge on any atom is 0.124 e. The number of benzene rings is 1. The molecule has 1 aromatic rings. The minimum absolute atomic E-state index is 0.155. The molecule has 0 spiro atoms. The van der Waals surface area contributed by atoms with Crippen LogP contribution in [0.4, 0.5) is 0 Å². The number of fused-ring (bicyclic) bond motifs is 1. The predicted octanol–water partition coefficient (Wildman–Crippen LogP) is 2.27. The summed E-state index contributed by atoms with van der Waals surface area (Å²) in [4.78, 5) is 0. The SMILES string of the molecule is CC(N)C1COc2cc(Br)ccc21. The van der Waals surface area contributed by atoms with Crippen molar-refractivity contribution in [3.63, 3.8) is 0 Å². The summed E-state index contributed by atoms with van der Waals surface area (Å²) in [5.41, 5.74) is 7.09. The summed E-state index contributed by atoms with van der Waals surface area (Å²) in [6, 6.07) is 6.27. The second-order valence-electron chi connectivity index (χ2n) is 3.46. The van der Waals surface area contributed by atoms with Gasteiger partial charge in [0.25, 0.3) is 0 Å². The first-order valence-corrected chi connectivity index (χ1v) is 5.15. The van der Waals surface area contributed by atoms with E-state index in [9.17, 15) is 0 Å². The van der Waals surface area contributed by atoms with Crippen LogP contribution in [0.1, 0.15) is 18.4 Å². The summed E-state index contributed by atoms with van der Waals surface area (Å²) in [7, 11) is 0. The summed E-state index contributed by atoms with van der Waals surface area (Å²) < 4.78 is 6.60. The van der Waals surface area contributed by atoms with E-state index in [2.05, 4.69) is 22.0 Å². The van der Waals surface area contributed by atoms with E-state index in [1.54, 1.807) is 0 Å². The molecule has 0 aromatic heterocycles. The average Bonchev–Trinajstić information content (AvgIpc) is 2.46. The molecular formula is C10H12BrNO. The van der Waals surface area contributed by atoms with Crippen molar-refractivity contribution < 1.29 is 4.74 Å². The number of halogens is 1. The second-order valence-corrected chi connectivity index (χ2v) is 4.37. The van der Waals surface area contributed by atoms with Crippen LogP contribution in [0.2, 0.25) is 0 Å². The Labute approximate surface area is 86.2 Å². The smallest absolute Gasteiger partial charge is 0.124 e. The van der Waals surface area contributed by atoms with Crippen LogP contribution >= 0.6 is 15.9 Å². The third kappa shape index (κ3) is 1.58. The molecule has 0 saturated carbocycles. The molecule has 70 valence electrons. The molecule has 2 rings (SSSR count). The van der Waals surface area contributed by atoms with Crippen molar-refractivity contribution in [2.45, 2.75) is 18.9 Å². The van der Waals surface area contributed by atoms with Gasteiger partial charge in [0.1, 0.15) is 5.75 Å². The molecule has 1 aromatic carbocycles. The molecule has 2 atom stereocenters. The number of hydrogen-bond donors (Lipinski definition) is 1. The van der Waals surface area contributed by atoms with Crippen LogP contribution in [0.3, 0.4) is 0 Å². The highest BCUT2D eigenvalue weighted by Gasteiger charge is 2.26. The lowest BCUT2D eigenvalue weighted by molar-refractivity contribution is 0.318. The number of nitrogens with two attached hydrogens (primary N) is 1. The molecule has 0 fully saturated rings. The zero-order valence-corrected chi connectivity index (χ0v) is 9.04. The third-order valence-corrected chi connectivity index (χ3v) is 2.92. The van der Waals surface area contributed by atoms with E-state index in [0.29, 0.717) is 12.5 Å². The van der Waals surface area contributed by atoms with Crippen molar-refractivity contribution in [1.29, 1.82) is 0 Å². The number of hydrogen-bond acceptors (Lipinski definition) is 2. The molecule has 3 heteroatoms. The van der Waals surface area contributed by atoms with Crippen molar-refractivity contribution in [2.75, 3.05) is 6.61 Å². The Morgan fingerprint density at radius 2 is 2.38 bits per heavy atom. The van der Waals surface area contributed by atoms with Gasteiger partial charge in [-0.05, 0) is 19.1 Å². The van der Waals surface area contributed by atoms with Crippen LogP contribution in [-0.4, -0.2) is 12.6 Å². The van der Waals surface area contributed by atoms with Gasteiger partial charge in [-0.25, -0.2) is 0 Å². The largest absolute Gasteiger partial charge is 0.493 e. The summed E-state index contributed by atoms with van der Waals surface area (Å²) in [5.74, 6) is 1.32. The molecule has 1 heterocycles. The lowest BCUT2D eigenvalue weighted by Gasteiger charge is -2.12. The Kier molecular flexibility index (Phi) is 2.30. The monoisotopic (exact) mass is 241 g/mol. The molecule has 13 heavy (non-hydrogen) atoms. The minimum Gasteiger partial charge on any atom is -0.493 e. The van der Waals surface area contributed by atoms with E-state index in [-0.39, 0.29) is 6.04 Å². The first-order valence-electron chi connectivity index (χ1n) is 4.36. The average molecular weight is 242 g/mol. The molecule has 0 amide bonds. The van der Waals surface area contributed by atoms with Gasteiger partial charge in [0.05, 0.1) is 6.61 Å². The molecule has 1 aliphatic rings. The molecule has 2 unspecified atom stereocenters. The highest BCUT2D eigenvalue weighted by atomic mass is 79.9. The molecule has 0 saturated heterocycles. The van der Waals surface area contributed by atoms with Gasteiger partial charge in [0.15, 0.2) is 0 Å². The van der Waals surface area contributed by atoms with Crippen LogP contribution in [0.5, 0.6) is 5.75 Å². The zero-order valence-electron chi connectivity index (χ0n) is 7.46. The van der Waals surface area contributed by atoms with Gasteiger partial charge in [-0.1, -0.05) is 22.0 Å². The first kappa shape index (κ1) is 9.03. The van der Waals surface area contributed by atoms with Crippen LogP contribution in [0.25, 0.3) is 0 Å². The maximum absolute atomic E-state index is 5.86. The van der Waals surface area contributed by atoms with Gasteiger partial charge < -0.3 is 10.5 Å². The fourth-order valence-corrected chi connectivity index (χ4v) is 1.98. The molecule has 0 bridgehead atoms. The molecular weight excluding hydrogens is 230 g/mol. The van der Waals surface area contributed by atoms with E-state index >= 15 is 0 Å². The topological polar surface area (TPSA) is 35.2 Å². The first-order chi connectivity index (χ1) is 6.18. The summed E-state index contributed by atoms with van der Waals surface area (Å²) in [6.45, 7) is 2.73. The van der Waals surface area contributed by atoms with Gasteiger partial charge in [-0.2, -0.15) is 0 Å². The molecule has 2 N–H and O–H groups in total. The molecule has 1 aliphatic heterocycles. The summed E-state index contributed by atoms with van der Waals surface area (Å²) in [5, 5.41) is 0. The second kappa shape index (κ2) is 3.31. The normalized spacial score (nSPS) is 22.2. The standard InChI is InChI=1S/C10H12BrNO/c1-6(12)9-5-13-10-4-7(11)2-3-8(9)10/h2-4,6,9H,5,12H2,1H3. The lowest BCUT2D eigenvalue weighted by atomic mass is 9.95. The Morgan fingerprint density at radius 3 is 3.08 bits per heavy atom. The Balaban J connectivity index is 2.38. The van der Waals surface area contributed by atoms with Crippen molar-refractivity contribution in [3.8, 4) is 5.75 Å². The van der Waals surface area contributed by atoms with Crippen molar-refractivity contribution >= 4 is 15.9 Å². The van der Waals surface area contributed by atoms with Crippen LogP contribution < -0.4 is 10.5 Å². The highest BCUT2D eigenvalue weighted by Crippen LogP contribution is 2.36. The van der Waals surface area contributed by atoms with Gasteiger partial charge in [-0.3, -0.25) is 0 Å². The maximum atomic E-state index is 5.86. The van der Waals surface area contributed by atoms with E-state index in [0.717, 1.165) is 10.2 Å². The fourth-order valence-electron chi connectivity index (χ4n) is 1.64. The van der Waals surface area contributed by atoms with Gasteiger partial charge in [0.2, 0.25) is 0 Å². The molecule has 0 aliphatic carbocycles. The highest BCUT2D eigenvalue weighted by molar-refractivity contribution is 9.10. The van der Waals surface area contributed by atoms with Crippen LogP contribution in [0.15, 0.2) is 22.7 Å². The molecule has 0 radical (unpaired) electrons. The minimum atomic E-state index is 0.155. The summed E-state index contributed by atoms with van der Waals surface area (Å²) in [6.07, 6.45) is 0. The van der Waals surface area contributed by atoms with Crippen molar-refractivity contribution in [2.24, 2.45) is 5.73 Å². The van der Waals surface area contributed by atoms with E-state index < -0.39 is 0 Å². The van der Waals surface area contributed by atoms with E-state index in [1.165, 1.54) is 5.56 Å². The van der Waals surface area contributed by atoms with Crippen LogP contribution in [-0.2, 0) is 0 Å². The summed E-state index contributed by atoms with van der Waals surface area (Å²) >= 11 is 3.41. The predicted molar refractivity (Wildman–Crippen MR) is 56.0 cm³/mol. The zero-order chi connectivity index (χ0) is 9.42. The molecule has 2 nitrogen and oxygen atoms in total. The third-order valence-electron chi connectivity index (χ3n) is 2.43. The van der Waals surface area contributed by atoms with Gasteiger partial charge in [-0.15, -0.1) is 0 Å².